The number of hydrogen-bond donors (Lipinski definition) is 5. The van der Waals surface area contributed by atoms with Gasteiger partial charge < -0.3 is 31.9 Å². The minimum absolute atomic E-state index is 0.0685. The lowest BCUT2D eigenvalue weighted by atomic mass is 10.1. The zero-order valence-electron chi connectivity index (χ0n) is 30.9. The van der Waals surface area contributed by atoms with E-state index in [0.29, 0.717) is 0 Å². The second kappa shape index (κ2) is 38.2. The van der Waals surface area contributed by atoms with Crippen LogP contribution in [0.3, 0.4) is 0 Å². The Morgan fingerprint density at radius 1 is 0.457 bits per heavy atom. The highest BCUT2D eigenvalue weighted by Crippen LogP contribution is 2.13. The molecule has 0 unspecified atom stereocenters. The fourth-order valence-corrected chi connectivity index (χ4v) is 5.81. The molecular formula is C38H80N6O2. The standard InChI is InChI=1S/C38H80N6O2/c1-3-5-7-9-11-13-15-17-19-23-33-44(34-24-20-18-16-14-12-10-8-6-4-2)38(46)36-43-37(45)35-42-32-26-31-41-29-22-21-28-40-30-25-27-39/h40-42H,3-36,39H2,1-2H3,(H,43,45). The number of carbonyl (C=O) groups excluding carboxylic acids is 2. The summed E-state index contributed by atoms with van der Waals surface area (Å²) in [6.45, 7) is 12.1. The van der Waals surface area contributed by atoms with Crippen LogP contribution in [0.15, 0.2) is 0 Å². The van der Waals surface area contributed by atoms with Gasteiger partial charge in [-0.1, -0.05) is 129 Å². The van der Waals surface area contributed by atoms with E-state index in [4.69, 9.17) is 5.73 Å². The predicted octanol–water partition coefficient (Wildman–Crippen LogP) is 7.06. The highest BCUT2D eigenvalue weighted by molar-refractivity contribution is 5.85. The van der Waals surface area contributed by atoms with Crippen molar-refractivity contribution in [2.45, 2.75) is 168 Å². The van der Waals surface area contributed by atoms with Crippen LogP contribution in [-0.2, 0) is 9.59 Å². The largest absolute Gasteiger partial charge is 0.346 e. The van der Waals surface area contributed by atoms with Crippen molar-refractivity contribution >= 4 is 11.8 Å². The number of carbonyl (C=O) groups is 2. The van der Waals surface area contributed by atoms with Crippen LogP contribution in [0.5, 0.6) is 0 Å². The van der Waals surface area contributed by atoms with Gasteiger partial charge in [-0.15, -0.1) is 0 Å². The van der Waals surface area contributed by atoms with E-state index in [1.807, 2.05) is 4.90 Å². The van der Waals surface area contributed by atoms with E-state index >= 15 is 0 Å². The normalized spacial score (nSPS) is 11.3. The molecule has 2 amide bonds. The van der Waals surface area contributed by atoms with Crippen molar-refractivity contribution in [1.82, 2.24) is 26.2 Å². The monoisotopic (exact) mass is 653 g/mol. The Morgan fingerprint density at radius 2 is 0.848 bits per heavy atom. The van der Waals surface area contributed by atoms with Gasteiger partial charge in [0.25, 0.3) is 0 Å². The highest BCUT2D eigenvalue weighted by Gasteiger charge is 2.14. The predicted molar refractivity (Wildman–Crippen MR) is 199 cm³/mol. The van der Waals surface area contributed by atoms with Crippen molar-refractivity contribution < 1.29 is 9.59 Å². The van der Waals surface area contributed by atoms with E-state index in [9.17, 15) is 9.59 Å². The first-order chi connectivity index (χ1) is 22.7. The van der Waals surface area contributed by atoms with Crippen molar-refractivity contribution in [2.24, 2.45) is 5.73 Å². The Kier molecular flexibility index (Phi) is 37.2. The molecule has 8 nitrogen and oxygen atoms in total. The molecule has 0 radical (unpaired) electrons. The highest BCUT2D eigenvalue weighted by atomic mass is 16.2. The Bertz CT molecular complexity index is 612. The van der Waals surface area contributed by atoms with E-state index in [0.717, 1.165) is 84.5 Å². The van der Waals surface area contributed by atoms with Gasteiger partial charge in [-0.2, -0.15) is 0 Å². The number of nitrogens with two attached hydrogens (primary N) is 1. The van der Waals surface area contributed by atoms with Crippen LogP contribution in [-0.4, -0.2) is 82.2 Å². The number of hydrogen-bond acceptors (Lipinski definition) is 6. The number of unbranched alkanes of at least 4 members (excludes halogenated alkanes) is 19. The molecule has 0 aromatic carbocycles. The summed E-state index contributed by atoms with van der Waals surface area (Å²) in [5, 5.41) is 13.0. The average Bonchev–Trinajstić information content (AvgIpc) is 3.06. The molecule has 0 spiro atoms. The molecule has 0 rings (SSSR count). The quantitative estimate of drug-likeness (QED) is 0.0457. The van der Waals surface area contributed by atoms with Crippen LogP contribution in [0.2, 0.25) is 0 Å². The Hall–Kier alpha value is -1.22. The van der Waals surface area contributed by atoms with Gasteiger partial charge in [0.2, 0.25) is 11.8 Å². The number of nitrogens with zero attached hydrogens (tertiary/aromatic N) is 1. The summed E-state index contributed by atoms with van der Waals surface area (Å²) >= 11 is 0. The first-order valence-electron chi connectivity index (χ1n) is 20.0. The summed E-state index contributed by atoms with van der Waals surface area (Å²) in [6, 6.07) is 0. The maximum Gasteiger partial charge on any atom is 0.241 e. The Balaban J connectivity index is 4.12. The maximum atomic E-state index is 13.1. The molecule has 0 aromatic rings. The van der Waals surface area contributed by atoms with Crippen molar-refractivity contribution in [3.8, 4) is 0 Å². The number of amides is 2. The summed E-state index contributed by atoms with van der Waals surface area (Å²) in [6.07, 6.45) is 30.3. The van der Waals surface area contributed by atoms with E-state index in [-0.39, 0.29) is 24.9 Å². The molecule has 0 aliphatic carbocycles. The molecule has 0 aromatic heterocycles. The summed E-state index contributed by atoms with van der Waals surface area (Å²) in [7, 11) is 0. The zero-order chi connectivity index (χ0) is 33.6. The smallest absolute Gasteiger partial charge is 0.241 e. The van der Waals surface area contributed by atoms with Crippen LogP contribution < -0.4 is 27.0 Å². The lowest BCUT2D eigenvalue weighted by Crippen LogP contribution is -2.43. The van der Waals surface area contributed by atoms with Crippen LogP contribution >= 0.6 is 0 Å². The van der Waals surface area contributed by atoms with Gasteiger partial charge in [-0.05, 0) is 77.8 Å². The molecule has 0 bridgehead atoms. The molecule has 0 saturated heterocycles. The summed E-state index contributed by atoms with van der Waals surface area (Å²) in [5.74, 6) is -0.0275. The summed E-state index contributed by atoms with van der Waals surface area (Å²) in [4.78, 5) is 27.5. The van der Waals surface area contributed by atoms with Crippen molar-refractivity contribution in [3.63, 3.8) is 0 Å². The first-order valence-corrected chi connectivity index (χ1v) is 20.0. The van der Waals surface area contributed by atoms with Crippen LogP contribution in [0.25, 0.3) is 0 Å². The maximum absolute atomic E-state index is 13.1. The molecule has 6 N–H and O–H groups in total. The van der Waals surface area contributed by atoms with Gasteiger partial charge in [0, 0.05) is 13.1 Å². The molecule has 8 heteroatoms. The molecule has 0 aliphatic heterocycles. The first kappa shape index (κ1) is 44.8. The van der Waals surface area contributed by atoms with Crippen molar-refractivity contribution in [1.29, 1.82) is 0 Å². The molecule has 0 fully saturated rings. The van der Waals surface area contributed by atoms with Crippen LogP contribution in [0.1, 0.15) is 168 Å². The van der Waals surface area contributed by atoms with E-state index < -0.39 is 0 Å². The van der Waals surface area contributed by atoms with E-state index in [1.54, 1.807) is 0 Å². The van der Waals surface area contributed by atoms with Gasteiger partial charge in [-0.3, -0.25) is 9.59 Å². The van der Waals surface area contributed by atoms with Gasteiger partial charge in [-0.25, -0.2) is 0 Å². The minimum atomic E-state index is -0.0960. The third-order valence-electron chi connectivity index (χ3n) is 8.86. The molecule has 274 valence electrons. The molecule has 46 heavy (non-hydrogen) atoms. The number of rotatable bonds is 38. The van der Waals surface area contributed by atoms with Crippen LogP contribution in [0.4, 0.5) is 0 Å². The van der Waals surface area contributed by atoms with Gasteiger partial charge >= 0.3 is 0 Å². The fourth-order valence-electron chi connectivity index (χ4n) is 5.81. The average molecular weight is 653 g/mol. The van der Waals surface area contributed by atoms with Gasteiger partial charge in [0.1, 0.15) is 0 Å². The van der Waals surface area contributed by atoms with Crippen LogP contribution in [0, 0.1) is 0 Å². The minimum Gasteiger partial charge on any atom is -0.346 e. The lowest BCUT2D eigenvalue weighted by molar-refractivity contribution is -0.132. The zero-order valence-corrected chi connectivity index (χ0v) is 30.9. The second-order valence-electron chi connectivity index (χ2n) is 13.4. The third kappa shape index (κ3) is 34.1. The van der Waals surface area contributed by atoms with E-state index in [1.165, 1.54) is 122 Å². The second-order valence-corrected chi connectivity index (χ2v) is 13.4. The topological polar surface area (TPSA) is 112 Å². The Morgan fingerprint density at radius 3 is 1.30 bits per heavy atom. The van der Waals surface area contributed by atoms with Crippen molar-refractivity contribution in [3.05, 3.63) is 0 Å². The van der Waals surface area contributed by atoms with Crippen molar-refractivity contribution in [2.75, 3.05) is 65.4 Å². The molecule has 0 aliphatic rings. The van der Waals surface area contributed by atoms with E-state index in [2.05, 4.69) is 35.1 Å². The lowest BCUT2D eigenvalue weighted by Gasteiger charge is -2.23. The molecule has 0 atom stereocenters. The number of nitrogens with one attached hydrogen (secondary N) is 4. The van der Waals surface area contributed by atoms with Gasteiger partial charge in [0.05, 0.1) is 13.1 Å². The molecule has 0 saturated carbocycles. The molecular weight excluding hydrogens is 572 g/mol. The third-order valence-corrected chi connectivity index (χ3v) is 8.86. The Labute approximate surface area is 286 Å². The fraction of sp³-hybridized carbons (Fsp3) is 0.947. The summed E-state index contributed by atoms with van der Waals surface area (Å²) < 4.78 is 0. The van der Waals surface area contributed by atoms with Gasteiger partial charge in [0.15, 0.2) is 0 Å². The SMILES string of the molecule is CCCCCCCCCCCCN(CCCCCCCCCCCC)C(=O)CNC(=O)CNCCCNCCCCNCCCN. The molecule has 0 heterocycles. The summed E-state index contributed by atoms with van der Waals surface area (Å²) in [5.41, 5.74) is 5.50.